The van der Waals surface area contributed by atoms with Gasteiger partial charge < -0.3 is 10.1 Å². The molecule has 22 heavy (non-hydrogen) atoms. The zero-order valence-electron chi connectivity index (χ0n) is 11.8. The highest BCUT2D eigenvalue weighted by Crippen LogP contribution is 2.25. The van der Waals surface area contributed by atoms with Crippen LogP contribution in [0.3, 0.4) is 0 Å². The van der Waals surface area contributed by atoms with Gasteiger partial charge in [-0.1, -0.05) is 52.3 Å². The molecule has 0 spiro atoms. The molecule has 0 radical (unpaired) electrons. The Morgan fingerprint density at radius 1 is 0.955 bits per heavy atom. The van der Waals surface area contributed by atoms with E-state index in [9.17, 15) is 4.79 Å². The summed E-state index contributed by atoms with van der Waals surface area (Å²) in [6.45, 7) is -0.0237. The van der Waals surface area contributed by atoms with Gasteiger partial charge in [0.25, 0.3) is 5.91 Å². The number of fused-ring (bicyclic) bond motifs is 1. The number of anilines is 1. The molecule has 0 atom stereocenters. The van der Waals surface area contributed by atoms with Crippen LogP contribution in [0.5, 0.6) is 5.75 Å². The number of rotatable bonds is 4. The van der Waals surface area contributed by atoms with Crippen LogP contribution in [0.1, 0.15) is 0 Å². The minimum Gasteiger partial charge on any atom is -0.483 e. The molecule has 0 saturated heterocycles. The van der Waals surface area contributed by atoms with E-state index in [4.69, 9.17) is 4.74 Å². The molecule has 4 heteroatoms. The molecule has 3 rings (SSSR count). The first kappa shape index (κ1) is 14.6. The predicted molar refractivity (Wildman–Crippen MR) is 92.2 cm³/mol. The van der Waals surface area contributed by atoms with Crippen molar-refractivity contribution in [2.24, 2.45) is 0 Å². The molecule has 3 aromatic rings. The summed E-state index contributed by atoms with van der Waals surface area (Å²) in [6, 6.07) is 21.2. The Bertz CT molecular complexity index is 794. The number of hydrogen-bond acceptors (Lipinski definition) is 2. The van der Waals surface area contributed by atoms with Crippen molar-refractivity contribution in [3.05, 3.63) is 71.2 Å². The topological polar surface area (TPSA) is 38.3 Å². The first-order valence-electron chi connectivity index (χ1n) is 6.88. The second kappa shape index (κ2) is 6.62. The van der Waals surface area contributed by atoms with Crippen molar-refractivity contribution in [2.45, 2.75) is 0 Å². The average Bonchev–Trinajstić information content (AvgIpc) is 2.55. The molecule has 0 aliphatic rings. The van der Waals surface area contributed by atoms with Crippen LogP contribution in [0.4, 0.5) is 5.69 Å². The Morgan fingerprint density at radius 2 is 1.68 bits per heavy atom. The van der Waals surface area contributed by atoms with Crippen molar-refractivity contribution >= 4 is 38.3 Å². The lowest BCUT2D eigenvalue weighted by Gasteiger charge is -2.10. The number of ether oxygens (including phenoxy) is 1. The van der Waals surface area contributed by atoms with Gasteiger partial charge in [-0.05, 0) is 35.7 Å². The van der Waals surface area contributed by atoms with Gasteiger partial charge in [0.05, 0.1) is 0 Å². The van der Waals surface area contributed by atoms with Crippen molar-refractivity contribution in [3.8, 4) is 5.75 Å². The van der Waals surface area contributed by atoms with E-state index in [-0.39, 0.29) is 12.5 Å². The van der Waals surface area contributed by atoms with Gasteiger partial charge in [0.1, 0.15) is 5.75 Å². The monoisotopic (exact) mass is 355 g/mol. The minimum atomic E-state index is -0.185. The normalized spacial score (nSPS) is 10.4. The summed E-state index contributed by atoms with van der Waals surface area (Å²) in [7, 11) is 0. The standard InChI is InChI=1S/C18H14BrNO2/c19-14-8-10-15(11-9-14)20-18(21)12-22-17-7-3-5-13-4-1-2-6-16(13)17/h1-11H,12H2,(H,20,21). The number of amides is 1. The molecule has 0 unspecified atom stereocenters. The summed E-state index contributed by atoms with van der Waals surface area (Å²) < 4.78 is 6.63. The van der Waals surface area contributed by atoms with Crippen LogP contribution in [0.2, 0.25) is 0 Å². The summed E-state index contributed by atoms with van der Waals surface area (Å²) >= 11 is 3.36. The molecule has 3 nitrogen and oxygen atoms in total. The van der Waals surface area contributed by atoms with E-state index in [0.717, 1.165) is 20.9 Å². The van der Waals surface area contributed by atoms with Gasteiger partial charge in [0.2, 0.25) is 0 Å². The van der Waals surface area contributed by atoms with Gasteiger partial charge in [0, 0.05) is 15.5 Å². The highest BCUT2D eigenvalue weighted by atomic mass is 79.9. The van der Waals surface area contributed by atoms with Crippen LogP contribution in [0.15, 0.2) is 71.2 Å². The first-order chi connectivity index (χ1) is 10.7. The second-order valence-electron chi connectivity index (χ2n) is 4.82. The van der Waals surface area contributed by atoms with Crippen LogP contribution < -0.4 is 10.1 Å². The van der Waals surface area contributed by atoms with Crippen LogP contribution in [-0.2, 0) is 4.79 Å². The quantitative estimate of drug-likeness (QED) is 0.741. The Balaban J connectivity index is 1.66. The lowest BCUT2D eigenvalue weighted by molar-refractivity contribution is -0.118. The summed E-state index contributed by atoms with van der Waals surface area (Å²) in [4.78, 5) is 12.0. The van der Waals surface area contributed by atoms with Crippen molar-refractivity contribution in [2.75, 3.05) is 11.9 Å². The lowest BCUT2D eigenvalue weighted by atomic mass is 10.1. The number of halogens is 1. The molecular weight excluding hydrogens is 342 g/mol. The molecule has 0 saturated carbocycles. The molecule has 110 valence electrons. The van der Waals surface area contributed by atoms with E-state index in [1.165, 1.54) is 0 Å². The fourth-order valence-electron chi connectivity index (χ4n) is 2.20. The van der Waals surface area contributed by atoms with Gasteiger partial charge in [-0.3, -0.25) is 4.79 Å². The highest BCUT2D eigenvalue weighted by molar-refractivity contribution is 9.10. The third-order valence-electron chi connectivity index (χ3n) is 3.24. The van der Waals surface area contributed by atoms with Crippen LogP contribution in [-0.4, -0.2) is 12.5 Å². The summed E-state index contributed by atoms with van der Waals surface area (Å²) in [6.07, 6.45) is 0. The molecule has 0 aliphatic heterocycles. The largest absolute Gasteiger partial charge is 0.483 e. The number of benzene rings is 3. The second-order valence-corrected chi connectivity index (χ2v) is 5.74. The first-order valence-corrected chi connectivity index (χ1v) is 7.68. The fraction of sp³-hybridized carbons (Fsp3) is 0.0556. The van der Waals surface area contributed by atoms with Crippen LogP contribution >= 0.6 is 15.9 Å². The van der Waals surface area contributed by atoms with Crippen molar-refractivity contribution in [1.82, 2.24) is 0 Å². The molecule has 0 aliphatic carbocycles. The predicted octanol–water partition coefficient (Wildman–Crippen LogP) is 4.62. The SMILES string of the molecule is O=C(COc1cccc2ccccc12)Nc1ccc(Br)cc1. The van der Waals surface area contributed by atoms with E-state index >= 15 is 0 Å². The fourth-order valence-corrected chi connectivity index (χ4v) is 2.46. The maximum atomic E-state index is 12.0. The van der Waals surface area contributed by atoms with E-state index < -0.39 is 0 Å². The van der Waals surface area contributed by atoms with E-state index in [1.807, 2.05) is 66.7 Å². The number of hydrogen-bond donors (Lipinski definition) is 1. The van der Waals surface area contributed by atoms with Gasteiger partial charge >= 0.3 is 0 Å². The molecule has 1 N–H and O–H groups in total. The molecule has 0 aromatic heterocycles. The van der Waals surface area contributed by atoms with Gasteiger partial charge in [-0.2, -0.15) is 0 Å². The van der Waals surface area contributed by atoms with Gasteiger partial charge in [-0.25, -0.2) is 0 Å². The average molecular weight is 356 g/mol. The lowest BCUT2D eigenvalue weighted by Crippen LogP contribution is -2.20. The van der Waals surface area contributed by atoms with Gasteiger partial charge in [0.15, 0.2) is 6.61 Å². The third kappa shape index (κ3) is 3.46. The Morgan fingerprint density at radius 3 is 2.50 bits per heavy atom. The van der Waals surface area contributed by atoms with E-state index in [1.54, 1.807) is 0 Å². The van der Waals surface area contributed by atoms with Crippen LogP contribution in [0.25, 0.3) is 10.8 Å². The maximum absolute atomic E-state index is 12.0. The highest BCUT2D eigenvalue weighted by Gasteiger charge is 2.06. The zero-order valence-corrected chi connectivity index (χ0v) is 13.3. The molecular formula is C18H14BrNO2. The summed E-state index contributed by atoms with van der Waals surface area (Å²) in [5, 5.41) is 4.90. The maximum Gasteiger partial charge on any atom is 0.262 e. The van der Waals surface area contributed by atoms with Crippen molar-refractivity contribution in [3.63, 3.8) is 0 Å². The number of nitrogens with one attached hydrogen (secondary N) is 1. The van der Waals surface area contributed by atoms with Crippen molar-refractivity contribution < 1.29 is 9.53 Å². The Hall–Kier alpha value is -2.33. The van der Waals surface area contributed by atoms with E-state index in [2.05, 4.69) is 21.2 Å². The van der Waals surface area contributed by atoms with E-state index in [0.29, 0.717) is 5.75 Å². The molecule has 0 heterocycles. The number of carbonyl (C=O) groups is 1. The van der Waals surface area contributed by atoms with Crippen LogP contribution in [0, 0.1) is 0 Å². The Labute approximate surface area is 137 Å². The zero-order chi connectivity index (χ0) is 15.4. The smallest absolute Gasteiger partial charge is 0.262 e. The molecule has 3 aromatic carbocycles. The number of carbonyl (C=O) groups excluding carboxylic acids is 1. The molecule has 0 fully saturated rings. The molecule has 1 amide bonds. The summed E-state index contributed by atoms with van der Waals surface area (Å²) in [5.41, 5.74) is 0.745. The minimum absolute atomic E-state index is 0.0237. The Kier molecular flexibility index (Phi) is 4.39. The summed E-state index contributed by atoms with van der Waals surface area (Å²) in [5.74, 6) is 0.527. The molecule has 0 bridgehead atoms. The van der Waals surface area contributed by atoms with Gasteiger partial charge in [-0.15, -0.1) is 0 Å². The third-order valence-corrected chi connectivity index (χ3v) is 3.77. The van der Waals surface area contributed by atoms with Crippen molar-refractivity contribution in [1.29, 1.82) is 0 Å².